The summed E-state index contributed by atoms with van der Waals surface area (Å²) in [5, 5.41) is 0.936. The van der Waals surface area contributed by atoms with Crippen LogP contribution in [0, 0.1) is 6.92 Å². The summed E-state index contributed by atoms with van der Waals surface area (Å²) in [5.74, 6) is -0.758. The molecule has 4 rings (SSSR count). The molecule has 0 fully saturated rings. The van der Waals surface area contributed by atoms with Crippen LogP contribution in [0.25, 0.3) is 16.7 Å². The molecular weight excluding hydrogens is 476 g/mol. The maximum Gasteiger partial charge on any atom is 0.348 e. The average molecular weight is 497 g/mol. The molecule has 0 aliphatic rings. The van der Waals surface area contributed by atoms with Crippen molar-refractivity contribution in [2.24, 2.45) is 0 Å². The van der Waals surface area contributed by atoms with Crippen molar-refractivity contribution in [2.75, 3.05) is 20.0 Å². The molecule has 0 amide bonds. The van der Waals surface area contributed by atoms with E-state index in [1.165, 1.54) is 30.5 Å². The van der Waals surface area contributed by atoms with E-state index in [4.69, 9.17) is 15.2 Å². The zero-order valence-electron chi connectivity index (χ0n) is 18.5. The molecular formula is C23H20N4O5S2. The van der Waals surface area contributed by atoms with Crippen molar-refractivity contribution in [2.45, 2.75) is 17.8 Å². The second kappa shape index (κ2) is 9.65. The number of esters is 2. The summed E-state index contributed by atoms with van der Waals surface area (Å²) in [5.41, 5.74) is 7.66. The van der Waals surface area contributed by atoms with E-state index in [1.807, 2.05) is 13.0 Å². The molecule has 1 aromatic carbocycles. The number of carbonyl (C=O) groups excluding carboxylic acids is 2. The van der Waals surface area contributed by atoms with Gasteiger partial charge in [0.25, 0.3) is 5.56 Å². The molecule has 0 bridgehead atoms. The van der Waals surface area contributed by atoms with Gasteiger partial charge in [-0.2, -0.15) is 0 Å². The van der Waals surface area contributed by atoms with Crippen LogP contribution in [0.3, 0.4) is 0 Å². The van der Waals surface area contributed by atoms with Crippen molar-refractivity contribution < 1.29 is 19.1 Å². The highest BCUT2D eigenvalue weighted by Gasteiger charge is 2.28. The van der Waals surface area contributed by atoms with Crippen molar-refractivity contribution in [3.8, 4) is 5.82 Å². The number of carbonyl (C=O) groups is 2. The van der Waals surface area contributed by atoms with Crippen molar-refractivity contribution in [1.82, 2.24) is 14.5 Å². The van der Waals surface area contributed by atoms with E-state index in [0.29, 0.717) is 27.4 Å². The van der Waals surface area contributed by atoms with E-state index in [2.05, 4.69) is 9.97 Å². The Kier molecular flexibility index (Phi) is 6.66. The molecule has 34 heavy (non-hydrogen) atoms. The van der Waals surface area contributed by atoms with E-state index < -0.39 is 11.9 Å². The molecule has 174 valence electrons. The molecule has 0 aliphatic carbocycles. The Labute approximate surface area is 202 Å². The Balaban J connectivity index is 1.87. The quantitative estimate of drug-likeness (QED) is 0.242. The predicted octanol–water partition coefficient (Wildman–Crippen LogP) is 3.60. The number of thioether (sulfide) groups is 1. The molecule has 11 heteroatoms. The van der Waals surface area contributed by atoms with Crippen LogP contribution in [0.5, 0.6) is 0 Å². The van der Waals surface area contributed by atoms with E-state index in [9.17, 15) is 14.4 Å². The van der Waals surface area contributed by atoms with Gasteiger partial charge in [0, 0.05) is 17.5 Å². The number of hydrogen-bond donors (Lipinski definition) is 1. The van der Waals surface area contributed by atoms with E-state index in [-0.39, 0.29) is 26.8 Å². The van der Waals surface area contributed by atoms with Crippen LogP contribution < -0.4 is 11.3 Å². The first-order valence-electron chi connectivity index (χ1n) is 10.0. The number of nitrogen functional groups attached to an aromatic ring is 1. The minimum Gasteiger partial charge on any atom is -0.465 e. The minimum atomic E-state index is -0.663. The molecule has 0 saturated heterocycles. The summed E-state index contributed by atoms with van der Waals surface area (Å²) in [6.45, 7) is 1.90. The normalized spacial score (nSPS) is 10.9. The van der Waals surface area contributed by atoms with Crippen LogP contribution in [0.15, 0.2) is 52.5 Å². The largest absolute Gasteiger partial charge is 0.465 e. The van der Waals surface area contributed by atoms with Gasteiger partial charge in [0.2, 0.25) is 0 Å². The highest BCUT2D eigenvalue weighted by atomic mass is 32.2. The number of aryl methyl sites for hydroxylation is 1. The van der Waals surface area contributed by atoms with Gasteiger partial charge in [-0.1, -0.05) is 23.9 Å². The van der Waals surface area contributed by atoms with Gasteiger partial charge in [-0.15, -0.1) is 11.3 Å². The third kappa shape index (κ3) is 4.27. The lowest BCUT2D eigenvalue weighted by molar-refractivity contribution is 0.0601. The number of nitrogens with zero attached hydrogens (tertiary/aromatic N) is 3. The van der Waals surface area contributed by atoms with Gasteiger partial charge < -0.3 is 15.2 Å². The third-order valence-corrected chi connectivity index (χ3v) is 7.02. The van der Waals surface area contributed by atoms with E-state index in [1.54, 1.807) is 36.5 Å². The standard InChI is InChI=1S/C23H20N4O5S2/c1-12-8-9-25-16(10-12)27-20(28)13-6-4-5-7-15(13)26-23(27)33-11-14-17(21(29)31-2)19(24)34-18(14)22(30)32-3/h4-10H,11,24H2,1-3H3. The zero-order valence-corrected chi connectivity index (χ0v) is 20.2. The van der Waals surface area contributed by atoms with Crippen LogP contribution in [-0.2, 0) is 15.2 Å². The highest BCUT2D eigenvalue weighted by Crippen LogP contribution is 2.36. The fraction of sp³-hybridized carbons (Fsp3) is 0.174. The van der Waals surface area contributed by atoms with Crippen molar-refractivity contribution in [3.63, 3.8) is 0 Å². The number of para-hydroxylation sites is 1. The Hall–Kier alpha value is -3.70. The summed E-state index contributed by atoms with van der Waals surface area (Å²) in [7, 11) is 2.49. The number of aromatic nitrogens is 3. The number of rotatable bonds is 6. The fourth-order valence-electron chi connectivity index (χ4n) is 3.40. The Morgan fingerprint density at radius 2 is 1.88 bits per heavy atom. The minimum absolute atomic E-state index is 0.101. The molecule has 3 aromatic heterocycles. The fourth-order valence-corrected chi connectivity index (χ4v) is 5.51. The lowest BCUT2D eigenvalue weighted by atomic mass is 10.1. The van der Waals surface area contributed by atoms with E-state index >= 15 is 0 Å². The number of hydrogen-bond acceptors (Lipinski definition) is 10. The summed E-state index contributed by atoms with van der Waals surface area (Å²) in [6, 6.07) is 10.6. The number of thiophene rings is 1. The maximum atomic E-state index is 13.4. The molecule has 0 unspecified atom stereocenters. The van der Waals surface area contributed by atoms with Gasteiger partial charge in [0.1, 0.15) is 15.7 Å². The summed E-state index contributed by atoms with van der Waals surface area (Å²) < 4.78 is 11.2. The van der Waals surface area contributed by atoms with Gasteiger partial charge in [0.05, 0.1) is 30.7 Å². The number of methoxy groups -OCH3 is 2. The van der Waals surface area contributed by atoms with Crippen LogP contribution in [-0.4, -0.2) is 40.7 Å². The number of nitrogens with two attached hydrogens (primary N) is 1. The molecule has 9 nitrogen and oxygen atoms in total. The number of fused-ring (bicyclic) bond motifs is 1. The molecule has 0 radical (unpaired) electrons. The lowest BCUT2D eigenvalue weighted by Gasteiger charge is -2.13. The second-order valence-electron chi connectivity index (χ2n) is 7.16. The van der Waals surface area contributed by atoms with Crippen LogP contribution in [0.1, 0.15) is 31.2 Å². The van der Waals surface area contributed by atoms with Crippen molar-refractivity contribution >= 4 is 50.9 Å². The number of ether oxygens (including phenoxy) is 2. The topological polar surface area (TPSA) is 126 Å². The SMILES string of the molecule is COC(=O)c1sc(N)c(C(=O)OC)c1CSc1nc2ccccc2c(=O)n1-c1cc(C)ccn1. The van der Waals surface area contributed by atoms with Gasteiger partial charge in [0.15, 0.2) is 5.16 Å². The van der Waals surface area contributed by atoms with Crippen LogP contribution in [0.2, 0.25) is 0 Å². The van der Waals surface area contributed by atoms with Crippen molar-refractivity contribution in [3.05, 3.63) is 74.5 Å². The first-order valence-corrected chi connectivity index (χ1v) is 11.8. The van der Waals surface area contributed by atoms with Gasteiger partial charge in [-0.05, 0) is 36.8 Å². The van der Waals surface area contributed by atoms with Gasteiger partial charge >= 0.3 is 11.9 Å². The molecule has 3 heterocycles. The third-order valence-electron chi connectivity index (χ3n) is 5.02. The molecule has 0 spiro atoms. The lowest BCUT2D eigenvalue weighted by Crippen LogP contribution is -2.22. The smallest absolute Gasteiger partial charge is 0.348 e. The summed E-state index contributed by atoms with van der Waals surface area (Å²) >= 11 is 2.12. The highest BCUT2D eigenvalue weighted by molar-refractivity contribution is 7.98. The molecule has 0 saturated carbocycles. The summed E-state index contributed by atoms with van der Waals surface area (Å²) in [6.07, 6.45) is 1.62. The monoisotopic (exact) mass is 496 g/mol. The molecule has 0 atom stereocenters. The Morgan fingerprint density at radius 3 is 2.59 bits per heavy atom. The van der Waals surface area contributed by atoms with Gasteiger partial charge in [-0.3, -0.25) is 4.79 Å². The number of pyridine rings is 1. The molecule has 2 N–H and O–H groups in total. The average Bonchev–Trinajstić information content (AvgIpc) is 3.17. The maximum absolute atomic E-state index is 13.4. The Morgan fingerprint density at radius 1 is 1.15 bits per heavy atom. The number of benzene rings is 1. The first kappa shape index (κ1) is 23.5. The van der Waals surface area contributed by atoms with Crippen LogP contribution >= 0.6 is 23.1 Å². The summed E-state index contributed by atoms with van der Waals surface area (Å²) in [4.78, 5) is 47.4. The van der Waals surface area contributed by atoms with Gasteiger partial charge in [-0.25, -0.2) is 24.1 Å². The van der Waals surface area contributed by atoms with Crippen LogP contribution in [0.4, 0.5) is 5.00 Å². The zero-order chi connectivity index (χ0) is 24.4. The molecule has 4 aromatic rings. The van der Waals surface area contributed by atoms with Crippen molar-refractivity contribution in [1.29, 1.82) is 0 Å². The number of anilines is 1. The van der Waals surface area contributed by atoms with E-state index in [0.717, 1.165) is 16.9 Å². The Bertz CT molecular complexity index is 1480. The molecule has 0 aliphatic heterocycles. The first-order chi connectivity index (χ1) is 16.3. The second-order valence-corrected chi connectivity index (χ2v) is 9.16. The predicted molar refractivity (Wildman–Crippen MR) is 131 cm³/mol.